The first-order valence-corrected chi connectivity index (χ1v) is 9.44. The highest BCUT2D eigenvalue weighted by Gasteiger charge is 2.16. The summed E-state index contributed by atoms with van der Waals surface area (Å²) < 4.78 is 29.6. The Labute approximate surface area is 155 Å². The van der Waals surface area contributed by atoms with Gasteiger partial charge in [-0.2, -0.15) is 0 Å². The molecule has 0 spiro atoms. The van der Waals surface area contributed by atoms with Crippen LogP contribution in [-0.2, 0) is 26.6 Å². The molecule has 0 fully saturated rings. The van der Waals surface area contributed by atoms with Crippen LogP contribution in [-0.4, -0.2) is 31.5 Å². The van der Waals surface area contributed by atoms with Crippen LogP contribution in [0, 0.1) is 0 Å². The van der Waals surface area contributed by atoms with E-state index in [9.17, 15) is 18.0 Å². The molecule has 1 heterocycles. The van der Waals surface area contributed by atoms with E-state index in [1.54, 1.807) is 16.8 Å². The van der Waals surface area contributed by atoms with Gasteiger partial charge in [-0.25, -0.2) is 18.4 Å². The topological polar surface area (TPSA) is 120 Å². The fourth-order valence-corrected chi connectivity index (χ4v) is 3.22. The third kappa shape index (κ3) is 4.15. The van der Waals surface area contributed by atoms with E-state index in [-0.39, 0.29) is 10.6 Å². The molecule has 8 nitrogen and oxygen atoms in total. The number of fused-ring (bicyclic) bond motifs is 1. The molecule has 0 radical (unpaired) electrons. The molecule has 3 aromatic rings. The first-order valence-electron chi connectivity index (χ1n) is 7.89. The van der Waals surface area contributed by atoms with Crippen LogP contribution in [0.5, 0.6) is 0 Å². The van der Waals surface area contributed by atoms with E-state index < -0.39 is 28.5 Å². The summed E-state index contributed by atoms with van der Waals surface area (Å²) in [5.41, 5.74) is 1.46. The molecule has 27 heavy (non-hydrogen) atoms. The van der Waals surface area contributed by atoms with Crippen LogP contribution in [0.4, 0.5) is 5.69 Å². The Bertz CT molecular complexity index is 1130. The number of amides is 1. The number of nitrogens with one attached hydrogen (secondary N) is 1. The van der Waals surface area contributed by atoms with Crippen LogP contribution < -0.4 is 10.5 Å². The molecular formula is C18H17N3O5S. The van der Waals surface area contributed by atoms with Gasteiger partial charge in [-0.05, 0) is 24.3 Å². The molecule has 0 unspecified atom stereocenters. The third-order valence-corrected chi connectivity index (χ3v) is 4.81. The second kappa shape index (κ2) is 7.22. The predicted octanol–water partition coefficient (Wildman–Crippen LogP) is 1.62. The summed E-state index contributed by atoms with van der Waals surface area (Å²) in [5.74, 6) is -1.23. The summed E-state index contributed by atoms with van der Waals surface area (Å²) in [7, 11) is -2.07. The van der Waals surface area contributed by atoms with Gasteiger partial charge >= 0.3 is 5.97 Å². The van der Waals surface area contributed by atoms with E-state index in [0.29, 0.717) is 5.56 Å². The summed E-state index contributed by atoms with van der Waals surface area (Å²) in [6, 6.07) is 12.8. The van der Waals surface area contributed by atoms with E-state index in [1.807, 2.05) is 25.2 Å². The molecule has 3 rings (SSSR count). The highest BCUT2D eigenvalue weighted by molar-refractivity contribution is 7.89. The van der Waals surface area contributed by atoms with Gasteiger partial charge in [-0.3, -0.25) is 4.79 Å². The zero-order valence-corrected chi connectivity index (χ0v) is 15.2. The van der Waals surface area contributed by atoms with Gasteiger partial charge in [0.15, 0.2) is 6.61 Å². The normalized spacial score (nSPS) is 11.3. The molecule has 1 amide bonds. The van der Waals surface area contributed by atoms with Gasteiger partial charge in [0, 0.05) is 29.8 Å². The summed E-state index contributed by atoms with van der Waals surface area (Å²) in [6.07, 6.45) is 1.64. The first-order chi connectivity index (χ1) is 12.8. The van der Waals surface area contributed by atoms with Crippen molar-refractivity contribution in [2.45, 2.75) is 4.90 Å². The summed E-state index contributed by atoms with van der Waals surface area (Å²) in [5, 5.41) is 8.25. The molecule has 0 bridgehead atoms. The van der Waals surface area contributed by atoms with Crippen molar-refractivity contribution < 1.29 is 22.7 Å². The minimum absolute atomic E-state index is 0.131. The Morgan fingerprint density at radius 1 is 1.15 bits per heavy atom. The molecule has 0 atom stereocenters. The van der Waals surface area contributed by atoms with E-state index in [1.165, 1.54) is 24.3 Å². The van der Waals surface area contributed by atoms with Crippen molar-refractivity contribution in [2.75, 3.05) is 11.9 Å². The fraction of sp³-hybridized carbons (Fsp3) is 0.111. The quantitative estimate of drug-likeness (QED) is 0.645. The number of benzene rings is 2. The molecular weight excluding hydrogens is 370 g/mol. The number of primary sulfonamides is 1. The number of sulfonamides is 1. The van der Waals surface area contributed by atoms with Crippen LogP contribution in [0.3, 0.4) is 0 Å². The summed E-state index contributed by atoms with van der Waals surface area (Å²) >= 11 is 0. The lowest BCUT2D eigenvalue weighted by Crippen LogP contribution is -2.21. The number of esters is 1. The molecule has 0 aliphatic heterocycles. The SMILES string of the molecule is Cn1cc(C(=O)OCC(=O)Nc2cccc(S(N)(=O)=O)c2)c2ccccc21. The number of aromatic nitrogens is 1. The van der Waals surface area contributed by atoms with Crippen LogP contribution in [0.2, 0.25) is 0 Å². The smallest absolute Gasteiger partial charge is 0.340 e. The Hall–Kier alpha value is -3.17. The van der Waals surface area contributed by atoms with Gasteiger partial charge < -0.3 is 14.6 Å². The largest absolute Gasteiger partial charge is 0.452 e. The van der Waals surface area contributed by atoms with Crippen LogP contribution in [0.25, 0.3) is 10.9 Å². The van der Waals surface area contributed by atoms with Crippen molar-refractivity contribution in [2.24, 2.45) is 12.2 Å². The van der Waals surface area contributed by atoms with Gasteiger partial charge in [0.1, 0.15) is 0 Å². The predicted molar refractivity (Wildman–Crippen MR) is 99.6 cm³/mol. The van der Waals surface area contributed by atoms with Crippen molar-refractivity contribution in [3.8, 4) is 0 Å². The molecule has 9 heteroatoms. The number of hydrogen-bond acceptors (Lipinski definition) is 5. The van der Waals surface area contributed by atoms with Gasteiger partial charge in [0.2, 0.25) is 10.0 Å². The third-order valence-electron chi connectivity index (χ3n) is 3.90. The van der Waals surface area contributed by atoms with Crippen molar-refractivity contribution in [1.29, 1.82) is 0 Å². The van der Waals surface area contributed by atoms with Crippen molar-refractivity contribution in [3.63, 3.8) is 0 Å². The Morgan fingerprint density at radius 3 is 2.63 bits per heavy atom. The fourth-order valence-electron chi connectivity index (χ4n) is 2.66. The van der Waals surface area contributed by atoms with Crippen LogP contribution in [0.15, 0.2) is 59.6 Å². The maximum atomic E-state index is 12.3. The van der Waals surface area contributed by atoms with Crippen LogP contribution >= 0.6 is 0 Å². The van der Waals surface area contributed by atoms with E-state index in [0.717, 1.165) is 10.9 Å². The molecule has 140 valence electrons. The highest BCUT2D eigenvalue weighted by atomic mass is 32.2. The monoisotopic (exact) mass is 387 g/mol. The molecule has 3 N–H and O–H groups in total. The number of carbonyl (C=O) groups excluding carboxylic acids is 2. The number of para-hydroxylation sites is 1. The summed E-state index contributed by atoms with van der Waals surface area (Å²) in [6.45, 7) is -0.512. The Morgan fingerprint density at radius 2 is 1.89 bits per heavy atom. The van der Waals surface area contributed by atoms with E-state index in [4.69, 9.17) is 9.88 Å². The lowest BCUT2D eigenvalue weighted by Gasteiger charge is -2.07. The van der Waals surface area contributed by atoms with Crippen molar-refractivity contribution in [1.82, 2.24) is 4.57 Å². The number of nitrogens with zero attached hydrogens (tertiary/aromatic N) is 1. The Balaban J connectivity index is 1.66. The number of rotatable bonds is 5. The second-order valence-corrected chi connectivity index (χ2v) is 7.43. The zero-order chi connectivity index (χ0) is 19.6. The average molecular weight is 387 g/mol. The Kier molecular flexibility index (Phi) is 4.98. The molecule has 0 saturated heterocycles. The average Bonchev–Trinajstić information content (AvgIpc) is 2.96. The first kappa shape index (κ1) is 18.6. The van der Waals surface area contributed by atoms with E-state index >= 15 is 0 Å². The number of ether oxygens (including phenoxy) is 1. The molecule has 0 aliphatic rings. The number of nitrogens with two attached hydrogens (primary N) is 1. The van der Waals surface area contributed by atoms with Crippen molar-refractivity contribution >= 4 is 38.5 Å². The molecule has 0 saturated carbocycles. The maximum Gasteiger partial charge on any atom is 0.340 e. The van der Waals surface area contributed by atoms with Gasteiger partial charge in [-0.15, -0.1) is 0 Å². The number of hydrogen-bond donors (Lipinski definition) is 2. The number of anilines is 1. The van der Waals surface area contributed by atoms with E-state index in [2.05, 4.69) is 5.32 Å². The maximum absolute atomic E-state index is 12.3. The second-order valence-electron chi connectivity index (χ2n) is 5.87. The lowest BCUT2D eigenvalue weighted by atomic mass is 10.2. The lowest BCUT2D eigenvalue weighted by molar-refractivity contribution is -0.119. The summed E-state index contributed by atoms with van der Waals surface area (Å²) in [4.78, 5) is 24.2. The zero-order valence-electron chi connectivity index (χ0n) is 14.4. The molecule has 1 aromatic heterocycles. The number of aryl methyl sites for hydroxylation is 1. The van der Waals surface area contributed by atoms with Crippen molar-refractivity contribution in [3.05, 3.63) is 60.3 Å². The van der Waals surface area contributed by atoms with Gasteiger partial charge in [-0.1, -0.05) is 24.3 Å². The van der Waals surface area contributed by atoms with Gasteiger partial charge in [0.25, 0.3) is 5.91 Å². The van der Waals surface area contributed by atoms with Crippen LogP contribution in [0.1, 0.15) is 10.4 Å². The van der Waals surface area contributed by atoms with Gasteiger partial charge in [0.05, 0.1) is 10.5 Å². The minimum Gasteiger partial charge on any atom is -0.452 e. The minimum atomic E-state index is -3.88. The standard InChI is InChI=1S/C18H17N3O5S/c1-21-10-15(14-7-2-3-8-16(14)21)18(23)26-11-17(22)20-12-5-4-6-13(9-12)27(19,24)25/h2-10H,11H2,1H3,(H,20,22)(H2,19,24,25). The molecule has 0 aliphatic carbocycles. The number of carbonyl (C=O) groups is 2. The molecule has 2 aromatic carbocycles. The highest BCUT2D eigenvalue weighted by Crippen LogP contribution is 2.21.